The van der Waals surface area contributed by atoms with E-state index in [4.69, 9.17) is 4.74 Å². The Bertz CT molecular complexity index is 452. The first-order valence-electron chi connectivity index (χ1n) is 5.00. The molecule has 0 spiro atoms. The quantitative estimate of drug-likeness (QED) is 0.732. The first-order valence-corrected chi connectivity index (χ1v) is 5.00. The Morgan fingerprint density at radius 1 is 1.50 bits per heavy atom. The lowest BCUT2D eigenvalue weighted by molar-refractivity contribution is 0.0600. The van der Waals surface area contributed by atoms with Crippen molar-refractivity contribution >= 4 is 5.97 Å². The molecule has 0 bridgehead atoms. The van der Waals surface area contributed by atoms with Crippen molar-refractivity contribution in [2.45, 2.75) is 13.5 Å². The number of allylic oxidation sites excluding steroid dienone is 1. The summed E-state index contributed by atoms with van der Waals surface area (Å²) in [6.07, 6.45) is 1.80. The van der Waals surface area contributed by atoms with Gasteiger partial charge in [0, 0.05) is 18.3 Å². The van der Waals surface area contributed by atoms with Crippen molar-refractivity contribution in [1.29, 1.82) is 0 Å². The van der Waals surface area contributed by atoms with Crippen LogP contribution in [-0.2, 0) is 11.3 Å². The van der Waals surface area contributed by atoms with Crippen molar-refractivity contribution in [2.24, 2.45) is 0 Å². The van der Waals surface area contributed by atoms with E-state index in [2.05, 4.69) is 10.1 Å². The summed E-state index contributed by atoms with van der Waals surface area (Å²) in [5.74, 6) is 1.10. The molecule has 1 heterocycles. The van der Waals surface area contributed by atoms with E-state index in [1.54, 1.807) is 18.3 Å². The van der Waals surface area contributed by atoms with E-state index < -0.39 is 0 Å². The summed E-state index contributed by atoms with van der Waals surface area (Å²) in [7, 11) is 1.36. The van der Waals surface area contributed by atoms with Gasteiger partial charge in [-0.25, -0.2) is 4.79 Å². The van der Waals surface area contributed by atoms with E-state index in [1.807, 2.05) is 13.0 Å². The number of esters is 1. The number of fused-ring (bicyclic) bond motifs is 1. The van der Waals surface area contributed by atoms with Gasteiger partial charge in [0.25, 0.3) is 0 Å². The summed E-state index contributed by atoms with van der Waals surface area (Å²) in [4.78, 5) is 11.4. The molecule has 1 aromatic carbocycles. The third-order valence-corrected chi connectivity index (χ3v) is 2.36. The highest BCUT2D eigenvalue weighted by Gasteiger charge is 2.12. The molecule has 2 rings (SSSR count). The number of benzene rings is 1. The van der Waals surface area contributed by atoms with Crippen LogP contribution in [0.25, 0.3) is 0 Å². The van der Waals surface area contributed by atoms with Gasteiger partial charge in [-0.1, -0.05) is 6.07 Å². The van der Waals surface area contributed by atoms with Gasteiger partial charge in [0.1, 0.15) is 11.5 Å². The van der Waals surface area contributed by atoms with Gasteiger partial charge in [-0.15, -0.1) is 0 Å². The van der Waals surface area contributed by atoms with Gasteiger partial charge >= 0.3 is 5.97 Å². The number of carbonyl (C=O) groups excluding carboxylic acids is 1. The van der Waals surface area contributed by atoms with E-state index in [0.29, 0.717) is 17.9 Å². The summed E-state index contributed by atoms with van der Waals surface area (Å²) < 4.78 is 10.2. The van der Waals surface area contributed by atoms with Crippen molar-refractivity contribution in [2.75, 3.05) is 7.11 Å². The van der Waals surface area contributed by atoms with Crippen molar-refractivity contribution < 1.29 is 14.3 Å². The Morgan fingerprint density at radius 3 is 3.06 bits per heavy atom. The lowest BCUT2D eigenvalue weighted by Crippen LogP contribution is -2.05. The third-order valence-electron chi connectivity index (χ3n) is 2.36. The molecule has 0 aliphatic carbocycles. The first kappa shape index (κ1) is 10.5. The molecule has 16 heavy (non-hydrogen) atoms. The maximum atomic E-state index is 11.4. The van der Waals surface area contributed by atoms with Crippen molar-refractivity contribution in [3.63, 3.8) is 0 Å². The molecule has 1 aliphatic rings. The highest BCUT2D eigenvalue weighted by molar-refractivity contribution is 5.89. The zero-order valence-corrected chi connectivity index (χ0v) is 9.24. The summed E-state index contributed by atoms with van der Waals surface area (Å²) in [6, 6.07) is 5.29. The molecule has 0 saturated heterocycles. The highest BCUT2D eigenvalue weighted by Crippen LogP contribution is 2.24. The number of carbonyl (C=O) groups is 1. The van der Waals surface area contributed by atoms with Crippen LogP contribution in [0.1, 0.15) is 22.8 Å². The summed E-state index contributed by atoms with van der Waals surface area (Å²) in [6.45, 7) is 2.54. The zero-order valence-electron chi connectivity index (χ0n) is 9.24. The number of nitrogens with one attached hydrogen (secondary N) is 1. The van der Waals surface area contributed by atoms with Gasteiger partial charge in [0.15, 0.2) is 0 Å². The minimum Gasteiger partial charge on any atom is -0.465 e. The highest BCUT2D eigenvalue weighted by atomic mass is 16.5. The second-order valence-corrected chi connectivity index (χ2v) is 3.55. The standard InChI is InChI=1S/C12H13NO3/c1-8-6-13-7-10-4-3-9(12(14)15-2)5-11(10)16-8/h3-6,13H,7H2,1-2H3. The second kappa shape index (κ2) is 4.26. The zero-order chi connectivity index (χ0) is 11.5. The molecular weight excluding hydrogens is 206 g/mol. The number of rotatable bonds is 1. The maximum Gasteiger partial charge on any atom is 0.337 e. The lowest BCUT2D eigenvalue weighted by Gasteiger charge is -2.08. The molecule has 0 atom stereocenters. The van der Waals surface area contributed by atoms with Crippen molar-refractivity contribution in [1.82, 2.24) is 5.32 Å². The second-order valence-electron chi connectivity index (χ2n) is 3.55. The Morgan fingerprint density at radius 2 is 2.31 bits per heavy atom. The monoisotopic (exact) mass is 219 g/mol. The molecule has 84 valence electrons. The van der Waals surface area contributed by atoms with Crippen LogP contribution in [0.3, 0.4) is 0 Å². The molecule has 0 radical (unpaired) electrons. The molecule has 0 saturated carbocycles. The fourth-order valence-electron chi connectivity index (χ4n) is 1.55. The van der Waals surface area contributed by atoms with E-state index in [0.717, 1.165) is 11.3 Å². The molecule has 4 heteroatoms. The van der Waals surface area contributed by atoms with Crippen LogP contribution >= 0.6 is 0 Å². The van der Waals surface area contributed by atoms with E-state index in [1.165, 1.54) is 7.11 Å². The predicted molar refractivity (Wildman–Crippen MR) is 59.0 cm³/mol. The van der Waals surface area contributed by atoms with Crippen LogP contribution in [-0.4, -0.2) is 13.1 Å². The van der Waals surface area contributed by atoms with Crippen LogP contribution in [0.2, 0.25) is 0 Å². The minimum atomic E-state index is -0.356. The van der Waals surface area contributed by atoms with Gasteiger partial charge in [-0.3, -0.25) is 0 Å². The molecular formula is C12H13NO3. The summed E-state index contributed by atoms with van der Waals surface area (Å²) >= 11 is 0. The smallest absolute Gasteiger partial charge is 0.337 e. The Hall–Kier alpha value is -1.97. The molecule has 0 aromatic heterocycles. The van der Waals surface area contributed by atoms with E-state index >= 15 is 0 Å². The van der Waals surface area contributed by atoms with Gasteiger partial charge in [-0.2, -0.15) is 0 Å². The molecule has 0 fully saturated rings. The van der Waals surface area contributed by atoms with Gasteiger partial charge in [0.05, 0.1) is 12.7 Å². The van der Waals surface area contributed by atoms with Crippen LogP contribution < -0.4 is 10.1 Å². The van der Waals surface area contributed by atoms with Crippen LogP contribution in [0, 0.1) is 0 Å². The maximum absolute atomic E-state index is 11.4. The summed E-state index contributed by atoms with van der Waals surface area (Å²) in [5, 5.41) is 3.11. The Balaban J connectivity index is 2.37. The minimum absolute atomic E-state index is 0.356. The molecule has 0 unspecified atom stereocenters. The SMILES string of the molecule is COC(=O)c1ccc2c(c1)OC(C)=CNC2. The van der Waals surface area contributed by atoms with Crippen LogP contribution in [0.5, 0.6) is 5.75 Å². The molecule has 1 N–H and O–H groups in total. The predicted octanol–water partition coefficient (Wildman–Crippen LogP) is 1.82. The topological polar surface area (TPSA) is 47.6 Å². The third kappa shape index (κ3) is 2.00. The van der Waals surface area contributed by atoms with Crippen molar-refractivity contribution in [3.8, 4) is 5.75 Å². The van der Waals surface area contributed by atoms with Crippen LogP contribution in [0.15, 0.2) is 30.2 Å². The Kier molecular flexibility index (Phi) is 2.81. The van der Waals surface area contributed by atoms with Gasteiger partial charge in [-0.05, 0) is 19.1 Å². The van der Waals surface area contributed by atoms with E-state index in [9.17, 15) is 4.79 Å². The molecule has 1 aromatic rings. The van der Waals surface area contributed by atoms with Crippen molar-refractivity contribution in [3.05, 3.63) is 41.3 Å². The first-order chi connectivity index (χ1) is 7.70. The van der Waals surface area contributed by atoms with Gasteiger partial charge in [0.2, 0.25) is 0 Å². The Labute approximate surface area is 93.9 Å². The fraction of sp³-hybridized carbons (Fsp3) is 0.250. The normalized spacial score (nSPS) is 13.8. The number of methoxy groups -OCH3 is 1. The number of hydrogen-bond donors (Lipinski definition) is 1. The average Bonchev–Trinajstić information content (AvgIpc) is 2.47. The molecule has 0 amide bonds. The fourth-order valence-corrected chi connectivity index (χ4v) is 1.55. The number of ether oxygens (including phenoxy) is 2. The van der Waals surface area contributed by atoms with Crippen LogP contribution in [0.4, 0.5) is 0 Å². The molecule has 1 aliphatic heterocycles. The lowest BCUT2D eigenvalue weighted by atomic mass is 10.1. The average molecular weight is 219 g/mol. The summed E-state index contributed by atoms with van der Waals surface area (Å²) in [5.41, 5.74) is 1.51. The largest absolute Gasteiger partial charge is 0.465 e. The van der Waals surface area contributed by atoms with E-state index in [-0.39, 0.29) is 5.97 Å². The number of hydrogen-bond acceptors (Lipinski definition) is 4. The van der Waals surface area contributed by atoms with Gasteiger partial charge < -0.3 is 14.8 Å². The molecule has 4 nitrogen and oxygen atoms in total.